The van der Waals surface area contributed by atoms with Crippen molar-refractivity contribution in [3.8, 4) is 0 Å². The van der Waals surface area contributed by atoms with Crippen molar-refractivity contribution in [2.24, 2.45) is 13.0 Å². The summed E-state index contributed by atoms with van der Waals surface area (Å²) in [6.45, 7) is 5.84. The van der Waals surface area contributed by atoms with E-state index in [4.69, 9.17) is 4.74 Å². The first-order valence-electron chi connectivity index (χ1n) is 9.39. The fourth-order valence-corrected chi connectivity index (χ4v) is 4.18. The van der Waals surface area contributed by atoms with Gasteiger partial charge in [0.05, 0.1) is 24.6 Å². The zero-order valence-electron chi connectivity index (χ0n) is 15.6. The van der Waals surface area contributed by atoms with Crippen molar-refractivity contribution >= 4 is 5.91 Å². The zero-order chi connectivity index (χ0) is 17.8. The highest BCUT2D eigenvalue weighted by Gasteiger charge is 2.34. The Morgan fingerprint density at radius 2 is 2.28 bits per heavy atom. The second-order valence-corrected chi connectivity index (χ2v) is 7.23. The number of rotatable bonds is 5. The normalized spacial score (nSPS) is 24.5. The summed E-state index contributed by atoms with van der Waals surface area (Å²) in [5, 5.41) is 4.37. The maximum absolute atomic E-state index is 12.7. The van der Waals surface area contributed by atoms with E-state index in [1.807, 2.05) is 29.9 Å². The number of ether oxygens (including phenoxy) is 1. The summed E-state index contributed by atoms with van der Waals surface area (Å²) in [6, 6.07) is 0.333. The summed E-state index contributed by atoms with van der Waals surface area (Å²) >= 11 is 0. The Bertz CT molecular complexity index is 625. The Morgan fingerprint density at radius 1 is 1.44 bits per heavy atom. The largest absolute Gasteiger partial charge is 0.501 e. The van der Waals surface area contributed by atoms with Crippen molar-refractivity contribution < 1.29 is 9.53 Å². The maximum atomic E-state index is 12.7. The predicted molar refractivity (Wildman–Crippen MR) is 96.8 cm³/mol. The lowest BCUT2D eigenvalue weighted by atomic mass is 9.85. The maximum Gasteiger partial charge on any atom is 0.252 e. The van der Waals surface area contributed by atoms with Crippen molar-refractivity contribution in [2.45, 2.75) is 38.6 Å². The van der Waals surface area contributed by atoms with E-state index >= 15 is 0 Å². The number of nitrogens with zero attached hydrogens (tertiary/aromatic N) is 4. The molecular weight excluding hydrogens is 316 g/mol. The van der Waals surface area contributed by atoms with E-state index < -0.39 is 0 Å². The Hall–Kier alpha value is -1.82. The second-order valence-electron chi connectivity index (χ2n) is 7.23. The van der Waals surface area contributed by atoms with Gasteiger partial charge in [-0.25, -0.2) is 0 Å². The van der Waals surface area contributed by atoms with Crippen LogP contribution in [0, 0.1) is 5.92 Å². The van der Waals surface area contributed by atoms with Gasteiger partial charge in [0.15, 0.2) is 0 Å². The van der Waals surface area contributed by atoms with Crippen molar-refractivity contribution in [1.82, 2.24) is 19.6 Å². The van der Waals surface area contributed by atoms with Gasteiger partial charge < -0.3 is 9.64 Å². The molecule has 6 nitrogen and oxygen atoms in total. The van der Waals surface area contributed by atoms with E-state index in [0.717, 1.165) is 51.1 Å². The molecule has 3 heterocycles. The molecule has 1 amide bonds. The third-order valence-corrected chi connectivity index (χ3v) is 5.40. The summed E-state index contributed by atoms with van der Waals surface area (Å²) in [7, 11) is 3.88. The topological polar surface area (TPSA) is 50.6 Å². The third-order valence-electron chi connectivity index (χ3n) is 5.40. The molecule has 0 unspecified atom stereocenters. The monoisotopic (exact) mass is 346 g/mol. The Morgan fingerprint density at radius 3 is 2.92 bits per heavy atom. The number of carbonyl (C=O) groups excluding carboxylic acids is 1. The first-order valence-corrected chi connectivity index (χ1v) is 9.39. The van der Waals surface area contributed by atoms with Crippen molar-refractivity contribution in [3.63, 3.8) is 0 Å². The molecule has 0 N–H and O–H groups in total. The van der Waals surface area contributed by atoms with Gasteiger partial charge in [-0.05, 0) is 44.7 Å². The van der Waals surface area contributed by atoms with E-state index in [2.05, 4.69) is 23.1 Å². The van der Waals surface area contributed by atoms with E-state index in [1.54, 1.807) is 6.26 Å². The highest BCUT2D eigenvalue weighted by Crippen LogP contribution is 2.36. The van der Waals surface area contributed by atoms with Gasteiger partial charge in [0.2, 0.25) is 0 Å². The van der Waals surface area contributed by atoms with Gasteiger partial charge in [-0.1, -0.05) is 6.92 Å². The van der Waals surface area contributed by atoms with Gasteiger partial charge in [-0.15, -0.1) is 0 Å². The molecule has 1 aromatic rings. The molecule has 6 heteroatoms. The standard InChI is InChI=1S/C19H30N4O2/c1-4-23-9-5-7-15(18(23)17-11-20-22(3)13-17)12-21(2)19(24)16-8-6-10-25-14-16/h11,13-15,18H,4-10,12H2,1-3H3/t15-,18+/m0/s1. The van der Waals surface area contributed by atoms with Crippen LogP contribution < -0.4 is 0 Å². The van der Waals surface area contributed by atoms with Crippen LogP contribution in [0.2, 0.25) is 0 Å². The number of hydrogen-bond acceptors (Lipinski definition) is 4. The molecule has 1 saturated heterocycles. The van der Waals surface area contributed by atoms with E-state index in [9.17, 15) is 4.79 Å². The molecular formula is C19H30N4O2. The molecule has 0 radical (unpaired) electrons. The van der Waals surface area contributed by atoms with Crippen LogP contribution in [0.4, 0.5) is 0 Å². The third kappa shape index (κ3) is 4.06. The van der Waals surface area contributed by atoms with Crippen molar-refractivity contribution in [3.05, 3.63) is 29.8 Å². The fraction of sp³-hybridized carbons (Fsp3) is 0.684. The molecule has 2 aliphatic heterocycles. The minimum atomic E-state index is 0.109. The lowest BCUT2D eigenvalue weighted by Crippen LogP contribution is -2.44. The molecule has 0 saturated carbocycles. The van der Waals surface area contributed by atoms with Gasteiger partial charge in [-0.2, -0.15) is 5.10 Å². The van der Waals surface area contributed by atoms with Crippen LogP contribution in [0.3, 0.4) is 0 Å². The van der Waals surface area contributed by atoms with Crippen LogP contribution in [0.5, 0.6) is 0 Å². The Kier molecular flexibility index (Phi) is 5.78. The quantitative estimate of drug-likeness (QED) is 0.821. The SMILES string of the molecule is CCN1CCC[C@@H](CN(C)C(=O)C2=COCCC2)[C@@H]1c1cnn(C)c1. The van der Waals surface area contributed by atoms with Crippen LogP contribution in [0.15, 0.2) is 24.2 Å². The van der Waals surface area contributed by atoms with E-state index in [0.29, 0.717) is 12.0 Å². The summed E-state index contributed by atoms with van der Waals surface area (Å²) in [6.07, 6.45) is 9.82. The van der Waals surface area contributed by atoms with E-state index in [1.165, 1.54) is 12.0 Å². The van der Waals surface area contributed by atoms with Crippen molar-refractivity contribution in [2.75, 3.05) is 33.3 Å². The molecule has 138 valence electrons. The van der Waals surface area contributed by atoms with Crippen LogP contribution >= 0.6 is 0 Å². The highest BCUT2D eigenvalue weighted by atomic mass is 16.5. The zero-order valence-corrected chi connectivity index (χ0v) is 15.6. The predicted octanol–water partition coefficient (Wildman–Crippen LogP) is 2.35. The van der Waals surface area contributed by atoms with E-state index in [-0.39, 0.29) is 5.91 Å². The molecule has 2 aliphatic rings. The lowest BCUT2D eigenvalue weighted by molar-refractivity contribution is -0.127. The Labute approximate surface area is 150 Å². The molecule has 0 aliphatic carbocycles. The average Bonchev–Trinajstić information content (AvgIpc) is 3.07. The number of amides is 1. The summed E-state index contributed by atoms with van der Waals surface area (Å²) in [5.74, 6) is 0.537. The summed E-state index contributed by atoms with van der Waals surface area (Å²) in [5.41, 5.74) is 2.06. The van der Waals surface area contributed by atoms with Gasteiger partial charge in [0.1, 0.15) is 0 Å². The number of likely N-dealkylation sites (tertiary alicyclic amines) is 1. The van der Waals surface area contributed by atoms with Gasteiger partial charge in [-0.3, -0.25) is 14.4 Å². The fourth-order valence-electron chi connectivity index (χ4n) is 4.18. The molecule has 1 aromatic heterocycles. The molecule has 0 aromatic carbocycles. The minimum absolute atomic E-state index is 0.109. The number of likely N-dealkylation sites (N-methyl/N-ethyl adjacent to an activating group) is 1. The molecule has 1 fully saturated rings. The smallest absolute Gasteiger partial charge is 0.252 e. The van der Waals surface area contributed by atoms with Gasteiger partial charge in [0.25, 0.3) is 5.91 Å². The summed E-state index contributed by atoms with van der Waals surface area (Å²) in [4.78, 5) is 17.1. The molecule has 0 bridgehead atoms. The number of hydrogen-bond donors (Lipinski definition) is 0. The number of piperidine rings is 1. The van der Waals surface area contributed by atoms with Gasteiger partial charge >= 0.3 is 0 Å². The molecule has 2 atom stereocenters. The lowest BCUT2D eigenvalue weighted by Gasteiger charge is -2.42. The molecule has 0 spiro atoms. The molecule has 25 heavy (non-hydrogen) atoms. The van der Waals surface area contributed by atoms with Crippen LogP contribution in [-0.4, -0.2) is 58.8 Å². The number of aromatic nitrogens is 2. The highest BCUT2D eigenvalue weighted by molar-refractivity contribution is 5.93. The Balaban J connectivity index is 1.73. The number of aryl methyl sites for hydroxylation is 1. The summed E-state index contributed by atoms with van der Waals surface area (Å²) < 4.78 is 7.21. The average molecular weight is 346 g/mol. The van der Waals surface area contributed by atoms with Gasteiger partial charge in [0, 0.05) is 38.4 Å². The van der Waals surface area contributed by atoms with Crippen LogP contribution in [-0.2, 0) is 16.6 Å². The second kappa shape index (κ2) is 8.04. The first-order chi connectivity index (χ1) is 12.1. The minimum Gasteiger partial charge on any atom is -0.501 e. The molecule has 3 rings (SSSR count). The van der Waals surface area contributed by atoms with Crippen LogP contribution in [0.1, 0.15) is 44.2 Å². The van der Waals surface area contributed by atoms with Crippen LogP contribution in [0.25, 0.3) is 0 Å². The van der Waals surface area contributed by atoms with Crippen molar-refractivity contribution in [1.29, 1.82) is 0 Å². The first kappa shape index (κ1) is 18.0. The number of carbonyl (C=O) groups is 1.